The Morgan fingerprint density at radius 1 is 1.23 bits per heavy atom. The average Bonchev–Trinajstić information content (AvgIpc) is 2.74. The van der Waals surface area contributed by atoms with Crippen molar-refractivity contribution in [2.45, 2.75) is 64.1 Å². The van der Waals surface area contributed by atoms with Crippen LogP contribution in [-0.4, -0.2) is 46.1 Å². The molecule has 1 atom stereocenters. The topological polar surface area (TPSA) is 62.3 Å². The summed E-state index contributed by atoms with van der Waals surface area (Å²) in [5, 5.41) is 6.86. The number of nitrogens with zero attached hydrogens (tertiary/aromatic N) is 3. The van der Waals surface area contributed by atoms with Crippen molar-refractivity contribution in [2.75, 3.05) is 24.8 Å². The van der Waals surface area contributed by atoms with E-state index in [4.69, 9.17) is 16.3 Å². The summed E-state index contributed by atoms with van der Waals surface area (Å²) in [5.74, 6) is 0.608. The van der Waals surface area contributed by atoms with Crippen LogP contribution in [0.1, 0.15) is 47.0 Å². The molecule has 3 rings (SSSR count). The SMILES string of the molecule is COc1ccc(Nc2ncc(F)c(NC3CCC(C)(C)N(C)C(C)(C)C3)n2)cc1Cl. The predicted molar refractivity (Wildman–Crippen MR) is 120 cm³/mol. The van der Waals surface area contributed by atoms with Crippen LogP contribution >= 0.6 is 11.6 Å². The normalized spacial score (nSPS) is 21.0. The summed E-state index contributed by atoms with van der Waals surface area (Å²) in [4.78, 5) is 10.8. The molecule has 1 aliphatic heterocycles. The van der Waals surface area contributed by atoms with Crippen molar-refractivity contribution < 1.29 is 9.13 Å². The first-order chi connectivity index (χ1) is 14.0. The van der Waals surface area contributed by atoms with Gasteiger partial charge in [-0.1, -0.05) is 11.6 Å². The van der Waals surface area contributed by atoms with E-state index < -0.39 is 5.82 Å². The zero-order valence-electron chi connectivity index (χ0n) is 18.5. The molecule has 1 saturated heterocycles. The fourth-order valence-electron chi connectivity index (χ4n) is 4.07. The minimum atomic E-state index is -0.469. The van der Waals surface area contributed by atoms with Crippen molar-refractivity contribution in [3.63, 3.8) is 0 Å². The minimum Gasteiger partial charge on any atom is -0.495 e. The molecule has 0 spiro atoms. The third-order valence-electron chi connectivity index (χ3n) is 6.16. The number of hydrogen-bond acceptors (Lipinski definition) is 6. The lowest BCUT2D eigenvalue weighted by atomic mass is 9.92. The number of rotatable bonds is 5. The molecule has 0 radical (unpaired) electrons. The molecule has 1 aromatic carbocycles. The van der Waals surface area contributed by atoms with Gasteiger partial charge in [-0.15, -0.1) is 0 Å². The van der Waals surface area contributed by atoms with Crippen LogP contribution in [-0.2, 0) is 0 Å². The molecule has 6 nitrogen and oxygen atoms in total. The molecule has 164 valence electrons. The van der Waals surface area contributed by atoms with Crippen LogP contribution in [0, 0.1) is 5.82 Å². The monoisotopic (exact) mass is 435 g/mol. The third-order valence-corrected chi connectivity index (χ3v) is 6.45. The molecule has 0 saturated carbocycles. The van der Waals surface area contributed by atoms with E-state index in [-0.39, 0.29) is 22.9 Å². The molecule has 1 aliphatic rings. The molecule has 30 heavy (non-hydrogen) atoms. The first-order valence-electron chi connectivity index (χ1n) is 10.2. The number of anilines is 3. The first-order valence-corrected chi connectivity index (χ1v) is 10.5. The fourth-order valence-corrected chi connectivity index (χ4v) is 4.33. The van der Waals surface area contributed by atoms with Crippen LogP contribution in [0.3, 0.4) is 0 Å². The van der Waals surface area contributed by atoms with Crippen LogP contribution in [0.15, 0.2) is 24.4 Å². The maximum atomic E-state index is 14.5. The summed E-state index contributed by atoms with van der Waals surface area (Å²) in [6.45, 7) is 8.96. The summed E-state index contributed by atoms with van der Waals surface area (Å²) in [5.41, 5.74) is 0.740. The van der Waals surface area contributed by atoms with Crippen LogP contribution in [0.25, 0.3) is 0 Å². The summed E-state index contributed by atoms with van der Waals surface area (Å²) < 4.78 is 19.7. The minimum absolute atomic E-state index is 0.0257. The quantitative estimate of drug-likeness (QED) is 0.648. The number of methoxy groups -OCH3 is 1. The molecule has 1 unspecified atom stereocenters. The zero-order valence-corrected chi connectivity index (χ0v) is 19.3. The van der Waals surface area contributed by atoms with E-state index in [9.17, 15) is 4.39 Å². The van der Waals surface area contributed by atoms with E-state index >= 15 is 0 Å². The van der Waals surface area contributed by atoms with Crippen LogP contribution in [0.5, 0.6) is 5.75 Å². The van der Waals surface area contributed by atoms with Crippen LogP contribution in [0.4, 0.5) is 21.8 Å². The van der Waals surface area contributed by atoms with Gasteiger partial charge in [0.2, 0.25) is 5.95 Å². The highest BCUT2D eigenvalue weighted by Gasteiger charge is 2.40. The molecule has 2 N–H and O–H groups in total. The molecular weight excluding hydrogens is 405 g/mol. The van der Waals surface area contributed by atoms with E-state index in [1.165, 1.54) is 6.20 Å². The van der Waals surface area contributed by atoms with Gasteiger partial charge in [0, 0.05) is 22.8 Å². The summed E-state index contributed by atoms with van der Waals surface area (Å²) >= 11 is 6.18. The van der Waals surface area contributed by atoms with Crippen LogP contribution in [0.2, 0.25) is 5.02 Å². The summed E-state index contributed by atoms with van der Waals surface area (Å²) in [7, 11) is 3.72. The number of nitrogens with one attached hydrogen (secondary N) is 2. The highest BCUT2D eigenvalue weighted by atomic mass is 35.5. The molecule has 2 heterocycles. The number of ether oxygens (including phenoxy) is 1. The van der Waals surface area contributed by atoms with E-state index in [0.717, 1.165) is 19.3 Å². The van der Waals surface area contributed by atoms with Gasteiger partial charge < -0.3 is 15.4 Å². The van der Waals surface area contributed by atoms with Crippen molar-refractivity contribution in [1.82, 2.24) is 14.9 Å². The molecule has 1 aromatic heterocycles. The Morgan fingerprint density at radius 3 is 2.63 bits per heavy atom. The van der Waals surface area contributed by atoms with Gasteiger partial charge in [-0.25, -0.2) is 9.37 Å². The number of aromatic nitrogens is 2. The van der Waals surface area contributed by atoms with Gasteiger partial charge in [0.05, 0.1) is 18.3 Å². The van der Waals surface area contributed by atoms with Crippen molar-refractivity contribution in [2.24, 2.45) is 0 Å². The van der Waals surface area contributed by atoms with Gasteiger partial charge in [-0.2, -0.15) is 4.98 Å². The van der Waals surface area contributed by atoms with Gasteiger partial charge in [-0.3, -0.25) is 4.90 Å². The van der Waals surface area contributed by atoms with Crippen molar-refractivity contribution in [3.8, 4) is 5.75 Å². The second-order valence-electron chi connectivity index (χ2n) is 9.13. The number of likely N-dealkylation sites (tertiary alicyclic amines) is 1. The molecule has 0 bridgehead atoms. The van der Waals surface area contributed by atoms with Crippen LogP contribution < -0.4 is 15.4 Å². The van der Waals surface area contributed by atoms with Gasteiger partial charge in [0.25, 0.3) is 0 Å². The molecule has 8 heteroatoms. The Hall–Kier alpha value is -2.12. The average molecular weight is 436 g/mol. The lowest BCUT2D eigenvalue weighted by Gasteiger charge is -2.44. The number of hydrogen-bond donors (Lipinski definition) is 2. The molecule has 0 amide bonds. The fraction of sp³-hybridized carbons (Fsp3) is 0.545. The molecule has 2 aromatic rings. The Bertz CT molecular complexity index is 905. The summed E-state index contributed by atoms with van der Waals surface area (Å²) in [6.07, 6.45) is 4.00. The lowest BCUT2D eigenvalue weighted by molar-refractivity contribution is 0.0488. The second kappa shape index (κ2) is 8.55. The maximum Gasteiger partial charge on any atom is 0.229 e. The van der Waals surface area contributed by atoms with Crippen molar-refractivity contribution in [1.29, 1.82) is 0 Å². The maximum absolute atomic E-state index is 14.5. The first kappa shape index (κ1) is 22.6. The molecular formula is C22H31ClFN5O. The number of benzene rings is 1. The highest BCUT2D eigenvalue weighted by molar-refractivity contribution is 6.32. The number of halogens is 2. The predicted octanol–water partition coefficient (Wildman–Crippen LogP) is 5.47. The Kier molecular flexibility index (Phi) is 6.43. The van der Waals surface area contributed by atoms with E-state index in [1.807, 2.05) is 0 Å². The highest BCUT2D eigenvalue weighted by Crippen LogP contribution is 2.36. The zero-order chi connectivity index (χ0) is 22.1. The van der Waals surface area contributed by atoms with Gasteiger partial charge in [0.15, 0.2) is 11.6 Å². The van der Waals surface area contributed by atoms with E-state index in [2.05, 4.69) is 60.2 Å². The molecule has 0 aliphatic carbocycles. The van der Waals surface area contributed by atoms with Gasteiger partial charge in [-0.05, 0) is 72.2 Å². The third kappa shape index (κ3) is 4.95. The summed E-state index contributed by atoms with van der Waals surface area (Å²) in [6, 6.07) is 5.37. The smallest absolute Gasteiger partial charge is 0.229 e. The second-order valence-corrected chi connectivity index (χ2v) is 9.54. The lowest BCUT2D eigenvalue weighted by Crippen LogP contribution is -2.52. The van der Waals surface area contributed by atoms with Crippen molar-refractivity contribution >= 4 is 29.1 Å². The largest absolute Gasteiger partial charge is 0.495 e. The van der Waals surface area contributed by atoms with Gasteiger partial charge in [0.1, 0.15) is 5.75 Å². The van der Waals surface area contributed by atoms with E-state index in [1.54, 1.807) is 25.3 Å². The van der Waals surface area contributed by atoms with E-state index in [0.29, 0.717) is 22.4 Å². The standard InChI is InChI=1S/C22H31ClFN5O/c1-21(2)10-9-15(12-22(3,4)29(21)5)26-19-17(24)13-25-20(28-19)27-14-7-8-18(30-6)16(23)11-14/h7-8,11,13,15H,9-10,12H2,1-6H3,(H2,25,26,27,28). The molecule has 1 fully saturated rings. The Balaban J connectivity index is 1.78. The Morgan fingerprint density at radius 2 is 1.97 bits per heavy atom. The van der Waals surface area contributed by atoms with Crippen molar-refractivity contribution in [3.05, 3.63) is 35.2 Å². The Labute approximate surface area is 183 Å². The van der Waals surface area contributed by atoms with Gasteiger partial charge >= 0.3 is 0 Å².